The van der Waals surface area contributed by atoms with Gasteiger partial charge in [-0.15, -0.1) is 0 Å². The molecule has 0 aliphatic carbocycles. The van der Waals surface area contributed by atoms with Crippen molar-refractivity contribution in [1.82, 2.24) is 10.1 Å². The average molecular weight is 337 g/mol. The van der Waals surface area contributed by atoms with E-state index in [4.69, 9.17) is 4.52 Å². The summed E-state index contributed by atoms with van der Waals surface area (Å²) in [6, 6.07) is 11.7. The Morgan fingerprint density at radius 3 is 2.72 bits per heavy atom. The van der Waals surface area contributed by atoms with Crippen molar-refractivity contribution >= 4 is 11.6 Å². The summed E-state index contributed by atoms with van der Waals surface area (Å²) in [6.45, 7) is 2.36. The molecule has 1 aliphatic rings. The first kappa shape index (κ1) is 15.5. The van der Waals surface area contributed by atoms with Crippen molar-refractivity contribution in [1.29, 1.82) is 0 Å². The number of anilines is 1. The molecule has 0 radical (unpaired) electrons. The van der Waals surface area contributed by atoms with Gasteiger partial charge in [-0.25, -0.2) is 4.39 Å². The maximum absolute atomic E-state index is 13.4. The van der Waals surface area contributed by atoms with Crippen LogP contribution in [0.15, 0.2) is 47.0 Å². The maximum atomic E-state index is 13.4. The van der Waals surface area contributed by atoms with Crippen LogP contribution in [0.2, 0.25) is 0 Å². The molecule has 2 aromatic carbocycles. The molecule has 0 bridgehead atoms. The van der Waals surface area contributed by atoms with E-state index >= 15 is 0 Å². The predicted molar refractivity (Wildman–Crippen MR) is 90.9 cm³/mol. The van der Waals surface area contributed by atoms with Crippen molar-refractivity contribution in [2.24, 2.45) is 0 Å². The SMILES string of the molecule is Cc1nc(-c2ccc(C(=O)N3CCCc4cc(F)ccc43)cc2)no1. The molecule has 1 amide bonds. The summed E-state index contributed by atoms with van der Waals surface area (Å²) in [4.78, 5) is 18.8. The summed E-state index contributed by atoms with van der Waals surface area (Å²) in [6.07, 6.45) is 1.61. The van der Waals surface area contributed by atoms with Gasteiger partial charge < -0.3 is 9.42 Å². The van der Waals surface area contributed by atoms with E-state index in [1.807, 2.05) is 0 Å². The minimum absolute atomic E-state index is 0.0941. The summed E-state index contributed by atoms with van der Waals surface area (Å²) in [5.74, 6) is 0.624. The fraction of sp³-hybridized carbons (Fsp3) is 0.211. The van der Waals surface area contributed by atoms with Crippen molar-refractivity contribution in [2.45, 2.75) is 19.8 Å². The van der Waals surface area contributed by atoms with E-state index in [9.17, 15) is 9.18 Å². The zero-order valence-electron chi connectivity index (χ0n) is 13.7. The van der Waals surface area contributed by atoms with Gasteiger partial charge in [-0.1, -0.05) is 17.3 Å². The van der Waals surface area contributed by atoms with E-state index in [1.54, 1.807) is 42.2 Å². The zero-order valence-corrected chi connectivity index (χ0v) is 13.7. The zero-order chi connectivity index (χ0) is 17.4. The van der Waals surface area contributed by atoms with Crippen LogP contribution in [0, 0.1) is 12.7 Å². The lowest BCUT2D eigenvalue weighted by Crippen LogP contribution is -2.35. The Kier molecular flexibility index (Phi) is 3.80. The highest BCUT2D eigenvalue weighted by molar-refractivity contribution is 6.06. The van der Waals surface area contributed by atoms with Gasteiger partial charge in [0.2, 0.25) is 11.7 Å². The molecule has 1 aromatic heterocycles. The minimum atomic E-state index is -0.271. The topological polar surface area (TPSA) is 59.2 Å². The Balaban J connectivity index is 1.62. The van der Waals surface area contributed by atoms with Crippen LogP contribution in [0.3, 0.4) is 0 Å². The molecule has 2 heterocycles. The Morgan fingerprint density at radius 2 is 2.00 bits per heavy atom. The van der Waals surface area contributed by atoms with Crippen molar-refractivity contribution in [3.05, 3.63) is 65.3 Å². The molecule has 6 heteroatoms. The van der Waals surface area contributed by atoms with Crippen LogP contribution >= 0.6 is 0 Å². The predicted octanol–water partition coefficient (Wildman–Crippen LogP) is 3.78. The summed E-state index contributed by atoms with van der Waals surface area (Å²) in [5.41, 5.74) is 3.02. The van der Waals surface area contributed by atoms with E-state index in [-0.39, 0.29) is 11.7 Å². The fourth-order valence-corrected chi connectivity index (χ4v) is 3.11. The summed E-state index contributed by atoms with van der Waals surface area (Å²) >= 11 is 0. The minimum Gasteiger partial charge on any atom is -0.339 e. The molecule has 0 spiro atoms. The number of carbonyl (C=O) groups is 1. The quantitative estimate of drug-likeness (QED) is 0.714. The lowest BCUT2D eigenvalue weighted by atomic mass is 10.0. The second-order valence-electron chi connectivity index (χ2n) is 6.05. The molecular weight excluding hydrogens is 321 g/mol. The van der Waals surface area contributed by atoms with Gasteiger partial charge >= 0.3 is 0 Å². The second kappa shape index (κ2) is 6.12. The molecule has 126 valence electrons. The highest BCUT2D eigenvalue weighted by Gasteiger charge is 2.24. The van der Waals surface area contributed by atoms with Crippen LogP contribution in [0.1, 0.15) is 28.2 Å². The highest BCUT2D eigenvalue weighted by Crippen LogP contribution is 2.29. The Hall–Kier alpha value is -3.02. The lowest BCUT2D eigenvalue weighted by molar-refractivity contribution is 0.0985. The van der Waals surface area contributed by atoms with E-state index < -0.39 is 0 Å². The summed E-state index contributed by atoms with van der Waals surface area (Å²) in [5, 5.41) is 3.87. The van der Waals surface area contributed by atoms with Gasteiger partial charge in [0.05, 0.1) is 0 Å². The average Bonchev–Trinajstić information content (AvgIpc) is 3.07. The third-order valence-electron chi connectivity index (χ3n) is 4.32. The molecule has 0 atom stereocenters. The number of amides is 1. The molecule has 1 aliphatic heterocycles. The first-order valence-electron chi connectivity index (χ1n) is 8.13. The Morgan fingerprint density at radius 1 is 1.20 bits per heavy atom. The number of fused-ring (bicyclic) bond motifs is 1. The number of halogens is 1. The fourth-order valence-electron chi connectivity index (χ4n) is 3.11. The number of nitrogens with zero attached hydrogens (tertiary/aromatic N) is 3. The molecule has 25 heavy (non-hydrogen) atoms. The van der Waals surface area contributed by atoms with Crippen molar-refractivity contribution < 1.29 is 13.7 Å². The molecule has 5 nitrogen and oxygen atoms in total. The Bertz CT molecular complexity index is 934. The standard InChI is InChI=1S/C19H16FN3O2/c1-12-21-18(22-25-12)13-4-6-14(7-5-13)19(24)23-10-2-3-15-11-16(20)8-9-17(15)23/h4-9,11H,2-3,10H2,1H3. The number of aryl methyl sites for hydroxylation is 2. The number of carbonyl (C=O) groups excluding carboxylic acids is 1. The molecule has 0 fully saturated rings. The van der Waals surface area contributed by atoms with E-state index in [2.05, 4.69) is 10.1 Å². The molecule has 3 aromatic rings. The van der Waals surface area contributed by atoms with Crippen molar-refractivity contribution in [3.63, 3.8) is 0 Å². The normalized spacial score (nSPS) is 13.6. The van der Waals surface area contributed by atoms with Gasteiger partial charge in [-0.2, -0.15) is 4.98 Å². The monoisotopic (exact) mass is 337 g/mol. The number of hydrogen-bond donors (Lipinski definition) is 0. The van der Waals surface area contributed by atoms with Crippen LogP contribution in [-0.4, -0.2) is 22.6 Å². The van der Waals surface area contributed by atoms with Crippen LogP contribution < -0.4 is 4.90 Å². The van der Waals surface area contributed by atoms with E-state index in [0.717, 1.165) is 29.7 Å². The molecule has 0 unspecified atom stereocenters. The largest absolute Gasteiger partial charge is 0.339 e. The van der Waals surface area contributed by atoms with Gasteiger partial charge in [-0.05, 0) is 48.7 Å². The number of aromatic nitrogens is 2. The smallest absolute Gasteiger partial charge is 0.258 e. The van der Waals surface area contributed by atoms with E-state index in [0.29, 0.717) is 23.8 Å². The summed E-state index contributed by atoms with van der Waals surface area (Å²) < 4.78 is 18.4. The first-order valence-corrected chi connectivity index (χ1v) is 8.13. The summed E-state index contributed by atoms with van der Waals surface area (Å²) in [7, 11) is 0. The number of rotatable bonds is 2. The second-order valence-corrected chi connectivity index (χ2v) is 6.05. The van der Waals surface area contributed by atoms with Crippen LogP contribution in [0.5, 0.6) is 0 Å². The molecular formula is C19H16FN3O2. The van der Waals surface area contributed by atoms with Crippen LogP contribution in [0.25, 0.3) is 11.4 Å². The maximum Gasteiger partial charge on any atom is 0.258 e. The van der Waals surface area contributed by atoms with Gasteiger partial charge in [0.15, 0.2) is 0 Å². The third-order valence-corrected chi connectivity index (χ3v) is 4.32. The van der Waals surface area contributed by atoms with Gasteiger partial charge in [0.1, 0.15) is 5.82 Å². The van der Waals surface area contributed by atoms with E-state index in [1.165, 1.54) is 12.1 Å². The van der Waals surface area contributed by atoms with Crippen molar-refractivity contribution in [3.8, 4) is 11.4 Å². The molecule has 0 saturated carbocycles. The molecule has 0 N–H and O–H groups in total. The lowest BCUT2D eigenvalue weighted by Gasteiger charge is -2.29. The first-order chi connectivity index (χ1) is 12.1. The Labute approximate surface area is 144 Å². The van der Waals surface area contributed by atoms with Gasteiger partial charge in [0.25, 0.3) is 5.91 Å². The number of hydrogen-bond acceptors (Lipinski definition) is 4. The number of benzene rings is 2. The van der Waals surface area contributed by atoms with Crippen molar-refractivity contribution in [2.75, 3.05) is 11.4 Å². The van der Waals surface area contributed by atoms with Crippen LogP contribution in [0.4, 0.5) is 10.1 Å². The van der Waals surface area contributed by atoms with Gasteiger partial charge in [-0.3, -0.25) is 4.79 Å². The molecule has 4 rings (SSSR count). The highest BCUT2D eigenvalue weighted by atomic mass is 19.1. The van der Waals surface area contributed by atoms with Gasteiger partial charge in [0, 0.05) is 30.3 Å². The molecule has 0 saturated heterocycles. The van der Waals surface area contributed by atoms with Crippen LogP contribution in [-0.2, 0) is 6.42 Å². The third kappa shape index (κ3) is 2.91.